The quantitative estimate of drug-likeness (QED) is 0.777. The standard InChI is InChI=1S/C16H20N2O6/c1-2-23-15(21)11-5-8-18(9-6-11)13(19)10-24-16(22)12-4-3-7-17-14(12)20/h3-4,7,11H,2,5-6,8-10H2,1H3,(H,17,20). The second-order valence-electron chi connectivity index (χ2n) is 5.40. The Morgan fingerprint density at radius 2 is 1.96 bits per heavy atom. The van der Waals surface area contributed by atoms with E-state index in [0.717, 1.165) is 0 Å². The molecule has 0 aromatic carbocycles. The number of nitrogens with one attached hydrogen (secondary N) is 1. The fourth-order valence-electron chi connectivity index (χ4n) is 2.50. The number of aromatic nitrogens is 1. The molecule has 1 aromatic rings. The van der Waals surface area contributed by atoms with Gasteiger partial charge < -0.3 is 19.4 Å². The Labute approximate surface area is 138 Å². The molecule has 1 amide bonds. The summed E-state index contributed by atoms with van der Waals surface area (Å²) in [6, 6.07) is 2.83. The molecule has 8 heteroatoms. The van der Waals surface area contributed by atoms with Crippen LogP contribution in [0.1, 0.15) is 30.1 Å². The van der Waals surface area contributed by atoms with Gasteiger partial charge in [-0.05, 0) is 31.9 Å². The molecule has 1 fully saturated rings. The number of rotatable bonds is 5. The Morgan fingerprint density at radius 1 is 1.25 bits per heavy atom. The lowest BCUT2D eigenvalue weighted by Crippen LogP contribution is -2.42. The van der Waals surface area contributed by atoms with E-state index in [1.54, 1.807) is 6.92 Å². The van der Waals surface area contributed by atoms with Gasteiger partial charge in [0, 0.05) is 19.3 Å². The second-order valence-corrected chi connectivity index (χ2v) is 5.40. The van der Waals surface area contributed by atoms with E-state index in [9.17, 15) is 19.2 Å². The highest BCUT2D eigenvalue weighted by atomic mass is 16.5. The predicted octanol–water partition coefficient (Wildman–Crippen LogP) is 0.333. The summed E-state index contributed by atoms with van der Waals surface area (Å²) < 4.78 is 9.87. The fraction of sp³-hybridized carbons (Fsp3) is 0.500. The maximum absolute atomic E-state index is 12.1. The number of esters is 2. The monoisotopic (exact) mass is 336 g/mol. The SMILES string of the molecule is CCOC(=O)C1CCN(C(=O)COC(=O)c2ccc[nH]c2=O)CC1. The summed E-state index contributed by atoms with van der Waals surface area (Å²) in [5.74, 6) is -1.62. The van der Waals surface area contributed by atoms with Crippen LogP contribution in [0.5, 0.6) is 0 Å². The lowest BCUT2D eigenvalue weighted by Gasteiger charge is -2.30. The van der Waals surface area contributed by atoms with Gasteiger partial charge >= 0.3 is 11.9 Å². The molecule has 1 aliphatic rings. The topological polar surface area (TPSA) is 106 Å². The molecule has 0 saturated carbocycles. The van der Waals surface area contributed by atoms with Gasteiger partial charge in [0.1, 0.15) is 5.56 Å². The van der Waals surface area contributed by atoms with E-state index in [1.165, 1.54) is 23.2 Å². The van der Waals surface area contributed by atoms with Crippen LogP contribution in [0.4, 0.5) is 0 Å². The molecule has 0 atom stereocenters. The molecule has 8 nitrogen and oxygen atoms in total. The number of carbonyl (C=O) groups excluding carboxylic acids is 3. The zero-order valence-corrected chi connectivity index (χ0v) is 13.4. The van der Waals surface area contributed by atoms with Crippen LogP contribution in [0.25, 0.3) is 0 Å². The number of amides is 1. The molecule has 2 heterocycles. The summed E-state index contributed by atoms with van der Waals surface area (Å²) in [4.78, 5) is 50.9. The van der Waals surface area contributed by atoms with Crippen LogP contribution in [0, 0.1) is 5.92 Å². The molecule has 0 unspecified atom stereocenters. The summed E-state index contributed by atoms with van der Waals surface area (Å²) >= 11 is 0. The largest absolute Gasteiger partial charge is 0.466 e. The number of pyridine rings is 1. The first-order valence-electron chi connectivity index (χ1n) is 7.82. The van der Waals surface area contributed by atoms with Crippen molar-refractivity contribution in [1.82, 2.24) is 9.88 Å². The molecular formula is C16H20N2O6. The van der Waals surface area contributed by atoms with Crippen LogP contribution in [0.2, 0.25) is 0 Å². The van der Waals surface area contributed by atoms with Crippen LogP contribution < -0.4 is 5.56 Å². The fourth-order valence-corrected chi connectivity index (χ4v) is 2.50. The number of H-pyrrole nitrogens is 1. The number of ether oxygens (including phenoxy) is 2. The number of piperidine rings is 1. The maximum atomic E-state index is 12.1. The van der Waals surface area contributed by atoms with Crippen molar-refractivity contribution in [3.05, 3.63) is 34.2 Å². The molecule has 1 aliphatic heterocycles. The van der Waals surface area contributed by atoms with Gasteiger partial charge in [0.05, 0.1) is 12.5 Å². The van der Waals surface area contributed by atoms with Crippen LogP contribution in [0.3, 0.4) is 0 Å². The molecule has 2 rings (SSSR count). The molecule has 24 heavy (non-hydrogen) atoms. The minimum Gasteiger partial charge on any atom is -0.466 e. The van der Waals surface area contributed by atoms with Crippen molar-refractivity contribution < 1.29 is 23.9 Å². The predicted molar refractivity (Wildman–Crippen MR) is 83.3 cm³/mol. The summed E-state index contributed by atoms with van der Waals surface area (Å²) in [5, 5.41) is 0. The normalized spacial score (nSPS) is 15.0. The van der Waals surface area contributed by atoms with E-state index in [1.807, 2.05) is 0 Å². The molecule has 0 aliphatic carbocycles. The summed E-state index contributed by atoms with van der Waals surface area (Å²) in [6.07, 6.45) is 2.45. The Kier molecular flexibility index (Phi) is 6.11. The van der Waals surface area contributed by atoms with Gasteiger partial charge in [-0.25, -0.2) is 4.79 Å². The highest BCUT2D eigenvalue weighted by molar-refractivity contribution is 5.90. The van der Waals surface area contributed by atoms with E-state index < -0.39 is 18.1 Å². The van der Waals surface area contributed by atoms with E-state index in [-0.39, 0.29) is 23.4 Å². The molecule has 0 spiro atoms. The van der Waals surface area contributed by atoms with Crippen molar-refractivity contribution >= 4 is 17.8 Å². The number of hydrogen-bond donors (Lipinski definition) is 1. The average molecular weight is 336 g/mol. The van der Waals surface area contributed by atoms with Crippen molar-refractivity contribution in [2.24, 2.45) is 5.92 Å². The van der Waals surface area contributed by atoms with Crippen molar-refractivity contribution in [3.63, 3.8) is 0 Å². The van der Waals surface area contributed by atoms with Crippen LogP contribution in [-0.2, 0) is 19.1 Å². The van der Waals surface area contributed by atoms with E-state index in [4.69, 9.17) is 9.47 Å². The molecule has 0 radical (unpaired) electrons. The average Bonchev–Trinajstić information content (AvgIpc) is 2.60. The second kappa shape index (κ2) is 8.28. The first kappa shape index (κ1) is 17.7. The van der Waals surface area contributed by atoms with Gasteiger partial charge in [0.2, 0.25) is 0 Å². The van der Waals surface area contributed by atoms with Crippen molar-refractivity contribution in [1.29, 1.82) is 0 Å². The highest BCUT2D eigenvalue weighted by Gasteiger charge is 2.28. The number of carbonyl (C=O) groups is 3. The molecule has 0 bridgehead atoms. The lowest BCUT2D eigenvalue weighted by atomic mass is 9.97. The number of aromatic amines is 1. The Bertz CT molecular complexity index is 661. The van der Waals surface area contributed by atoms with Crippen LogP contribution in [0.15, 0.2) is 23.1 Å². The Morgan fingerprint density at radius 3 is 2.58 bits per heavy atom. The molecular weight excluding hydrogens is 316 g/mol. The molecule has 130 valence electrons. The third-order valence-corrected chi connectivity index (χ3v) is 3.83. The van der Waals surface area contributed by atoms with E-state index >= 15 is 0 Å². The zero-order valence-electron chi connectivity index (χ0n) is 13.4. The number of nitrogens with zero attached hydrogens (tertiary/aromatic N) is 1. The minimum atomic E-state index is -0.841. The maximum Gasteiger partial charge on any atom is 0.344 e. The van der Waals surface area contributed by atoms with Gasteiger partial charge in [-0.3, -0.25) is 14.4 Å². The number of hydrogen-bond acceptors (Lipinski definition) is 6. The van der Waals surface area contributed by atoms with Crippen molar-refractivity contribution in [2.75, 3.05) is 26.3 Å². The number of likely N-dealkylation sites (tertiary alicyclic amines) is 1. The highest BCUT2D eigenvalue weighted by Crippen LogP contribution is 2.18. The van der Waals surface area contributed by atoms with Gasteiger partial charge in [-0.2, -0.15) is 0 Å². The van der Waals surface area contributed by atoms with Crippen LogP contribution in [-0.4, -0.2) is 54.0 Å². The van der Waals surface area contributed by atoms with Gasteiger partial charge in [0.15, 0.2) is 6.61 Å². The first-order chi connectivity index (χ1) is 11.5. The first-order valence-corrected chi connectivity index (χ1v) is 7.82. The van der Waals surface area contributed by atoms with E-state index in [2.05, 4.69) is 4.98 Å². The smallest absolute Gasteiger partial charge is 0.344 e. The van der Waals surface area contributed by atoms with Gasteiger partial charge in [-0.15, -0.1) is 0 Å². The summed E-state index contributed by atoms with van der Waals surface area (Å²) in [6.45, 7) is 2.48. The van der Waals surface area contributed by atoms with E-state index in [0.29, 0.717) is 32.5 Å². The molecule has 1 saturated heterocycles. The third kappa shape index (κ3) is 4.43. The van der Waals surface area contributed by atoms with Gasteiger partial charge in [0.25, 0.3) is 11.5 Å². The Balaban J connectivity index is 1.80. The molecule has 1 N–H and O–H groups in total. The molecule has 1 aromatic heterocycles. The zero-order chi connectivity index (χ0) is 17.5. The van der Waals surface area contributed by atoms with Crippen molar-refractivity contribution in [2.45, 2.75) is 19.8 Å². The van der Waals surface area contributed by atoms with Gasteiger partial charge in [-0.1, -0.05) is 0 Å². The third-order valence-electron chi connectivity index (χ3n) is 3.83. The summed E-state index contributed by atoms with van der Waals surface area (Å²) in [7, 11) is 0. The lowest BCUT2D eigenvalue weighted by molar-refractivity contribution is -0.151. The van der Waals surface area contributed by atoms with Crippen molar-refractivity contribution in [3.8, 4) is 0 Å². The minimum absolute atomic E-state index is 0.147. The van der Waals surface area contributed by atoms with Crippen LogP contribution >= 0.6 is 0 Å². The Hall–Kier alpha value is -2.64. The summed E-state index contributed by atoms with van der Waals surface area (Å²) in [5.41, 5.74) is -0.712.